The maximum atomic E-state index is 11.0. The van der Waals surface area contributed by atoms with Gasteiger partial charge in [-0.15, -0.1) is 0 Å². The van der Waals surface area contributed by atoms with Crippen LogP contribution in [0.5, 0.6) is 0 Å². The van der Waals surface area contributed by atoms with E-state index in [-0.39, 0.29) is 9.79 Å². The highest BCUT2D eigenvalue weighted by Gasteiger charge is 2.11. The third-order valence-electron chi connectivity index (χ3n) is 2.68. The number of halogens is 2. The zero-order valence-corrected chi connectivity index (χ0v) is 15.4. The molecule has 0 spiro atoms. The molecule has 0 bridgehead atoms. The molecule has 0 N–H and O–H groups in total. The van der Waals surface area contributed by atoms with Crippen LogP contribution in [0.3, 0.4) is 0 Å². The Kier molecular flexibility index (Phi) is 7.03. The first kappa shape index (κ1) is 19.9. The lowest BCUT2D eigenvalue weighted by molar-refractivity contribution is 0.398. The first-order chi connectivity index (χ1) is 10.6. The van der Waals surface area contributed by atoms with Crippen LogP contribution in [0.15, 0.2) is 58.3 Å². The van der Waals surface area contributed by atoms with Gasteiger partial charge in [0.25, 0.3) is 19.2 Å². The summed E-state index contributed by atoms with van der Waals surface area (Å²) in [7, 11) is -0.915. The van der Waals surface area contributed by atoms with Crippen molar-refractivity contribution in [1.29, 1.82) is 0 Å². The third-order valence-corrected chi connectivity index (χ3v) is 5.72. The largest absolute Gasteiger partial charge is 0.296 e. The Labute approximate surface area is 145 Å². The molecule has 9 heteroatoms. The second-order valence-corrected chi connectivity index (χ2v) is 8.97. The van der Waals surface area contributed by atoms with E-state index in [1.807, 2.05) is 0 Å². The monoisotopic (exact) mass is 396 g/mol. The average Bonchev–Trinajstić information content (AvgIpc) is 2.50. The molecule has 0 heterocycles. The zero-order chi connectivity index (χ0) is 17.7. The normalized spacial score (nSPS) is 11.5. The van der Waals surface area contributed by atoms with Crippen LogP contribution in [-0.2, 0) is 23.4 Å². The summed E-state index contributed by atoms with van der Waals surface area (Å²) < 4.78 is 47.9. The van der Waals surface area contributed by atoms with Gasteiger partial charge in [0.15, 0.2) is 0 Å². The van der Waals surface area contributed by atoms with Gasteiger partial charge in [0, 0.05) is 15.7 Å². The molecule has 0 saturated carbocycles. The van der Waals surface area contributed by atoms with Gasteiger partial charge in [-0.05, 0) is 36.8 Å². The Morgan fingerprint density at radius 3 is 1.91 bits per heavy atom. The number of rotatable bonds is 3. The molecule has 0 atom stereocenters. The summed E-state index contributed by atoms with van der Waals surface area (Å²) in [5.74, 6) is 0. The molecule has 2 aromatic rings. The van der Waals surface area contributed by atoms with Crippen molar-refractivity contribution < 1.29 is 21.0 Å². The molecule has 0 aliphatic carbocycles. The SMILES string of the molecule is COS(=O)(=O)c1ccccc1.Cc1ccc(S(=O)(=O)Cl)cc1Cl. The van der Waals surface area contributed by atoms with Crippen LogP contribution >= 0.6 is 22.3 Å². The summed E-state index contributed by atoms with van der Waals surface area (Å²) in [6, 6.07) is 12.4. The van der Waals surface area contributed by atoms with Gasteiger partial charge in [-0.1, -0.05) is 35.9 Å². The first-order valence-electron chi connectivity index (χ1n) is 6.14. The van der Waals surface area contributed by atoms with E-state index >= 15 is 0 Å². The van der Waals surface area contributed by atoms with Crippen LogP contribution < -0.4 is 0 Å². The molecule has 0 radical (unpaired) electrons. The molecular formula is C14H14Cl2O5S2. The van der Waals surface area contributed by atoms with E-state index in [2.05, 4.69) is 4.18 Å². The predicted octanol–water partition coefficient (Wildman–Crippen LogP) is 3.60. The fourth-order valence-electron chi connectivity index (χ4n) is 1.41. The van der Waals surface area contributed by atoms with Crippen LogP contribution in [0.25, 0.3) is 0 Å². The minimum Gasteiger partial charge on any atom is -0.270 e. The molecule has 2 aromatic carbocycles. The van der Waals surface area contributed by atoms with Crippen LogP contribution in [0.4, 0.5) is 0 Å². The smallest absolute Gasteiger partial charge is 0.270 e. The van der Waals surface area contributed by atoms with Crippen molar-refractivity contribution in [2.45, 2.75) is 16.7 Å². The molecule has 0 fully saturated rings. The van der Waals surface area contributed by atoms with Crippen molar-refractivity contribution in [2.24, 2.45) is 0 Å². The van der Waals surface area contributed by atoms with E-state index in [0.29, 0.717) is 5.02 Å². The highest BCUT2D eigenvalue weighted by atomic mass is 35.7. The predicted molar refractivity (Wildman–Crippen MR) is 89.9 cm³/mol. The fourth-order valence-corrected chi connectivity index (χ4v) is 3.11. The molecule has 0 saturated heterocycles. The van der Waals surface area contributed by atoms with E-state index in [1.54, 1.807) is 31.2 Å². The van der Waals surface area contributed by atoms with Gasteiger partial charge in [-0.25, -0.2) is 8.42 Å². The van der Waals surface area contributed by atoms with Crippen molar-refractivity contribution in [2.75, 3.05) is 7.11 Å². The van der Waals surface area contributed by atoms with E-state index < -0.39 is 19.2 Å². The summed E-state index contributed by atoms with van der Waals surface area (Å²) >= 11 is 5.70. The Hall–Kier alpha value is -1.12. The molecule has 23 heavy (non-hydrogen) atoms. The topological polar surface area (TPSA) is 77.5 Å². The van der Waals surface area contributed by atoms with Crippen LogP contribution in [-0.4, -0.2) is 23.9 Å². The minimum absolute atomic E-state index is 0.0276. The Morgan fingerprint density at radius 2 is 1.48 bits per heavy atom. The molecule has 0 amide bonds. The van der Waals surface area contributed by atoms with Gasteiger partial charge in [0.2, 0.25) is 0 Å². The molecule has 2 rings (SSSR count). The Bertz CT molecular complexity index is 863. The van der Waals surface area contributed by atoms with Gasteiger partial charge in [-0.3, -0.25) is 4.18 Å². The van der Waals surface area contributed by atoms with Gasteiger partial charge in [0.1, 0.15) is 0 Å². The van der Waals surface area contributed by atoms with Crippen molar-refractivity contribution in [3.63, 3.8) is 0 Å². The minimum atomic E-state index is -3.65. The maximum Gasteiger partial charge on any atom is 0.296 e. The highest BCUT2D eigenvalue weighted by Crippen LogP contribution is 2.22. The number of benzene rings is 2. The number of aryl methyl sites for hydroxylation is 1. The lowest BCUT2D eigenvalue weighted by Gasteiger charge is -1.99. The van der Waals surface area contributed by atoms with Crippen molar-refractivity contribution in [3.8, 4) is 0 Å². The summed E-state index contributed by atoms with van der Waals surface area (Å²) in [6.07, 6.45) is 0. The van der Waals surface area contributed by atoms with Gasteiger partial charge >= 0.3 is 0 Å². The summed E-state index contributed by atoms with van der Waals surface area (Å²) in [5.41, 5.74) is 0.820. The molecule has 5 nitrogen and oxygen atoms in total. The number of hydrogen-bond acceptors (Lipinski definition) is 5. The van der Waals surface area contributed by atoms with E-state index in [1.165, 1.54) is 24.3 Å². The van der Waals surface area contributed by atoms with E-state index in [0.717, 1.165) is 12.7 Å². The fraction of sp³-hybridized carbons (Fsp3) is 0.143. The second kappa shape index (κ2) is 8.12. The Morgan fingerprint density at radius 1 is 0.913 bits per heavy atom. The average molecular weight is 397 g/mol. The third kappa shape index (κ3) is 6.12. The zero-order valence-electron chi connectivity index (χ0n) is 12.2. The standard InChI is InChI=1S/C7H6Cl2O2S.C7H8O3S/c1-5-2-3-6(4-7(5)8)12(9,10)11;1-10-11(8,9)7-5-3-2-4-6-7/h2-4H,1H3;2-6H,1H3. The first-order valence-corrected chi connectivity index (χ1v) is 10.2. The van der Waals surface area contributed by atoms with Gasteiger partial charge < -0.3 is 0 Å². The van der Waals surface area contributed by atoms with Crippen molar-refractivity contribution in [3.05, 3.63) is 59.1 Å². The van der Waals surface area contributed by atoms with Gasteiger partial charge in [0.05, 0.1) is 16.9 Å². The van der Waals surface area contributed by atoms with E-state index in [9.17, 15) is 16.8 Å². The molecule has 0 unspecified atom stereocenters. The molecule has 0 aliphatic rings. The lowest BCUT2D eigenvalue weighted by atomic mass is 10.2. The summed E-state index contributed by atoms with van der Waals surface area (Å²) in [4.78, 5) is 0.210. The summed E-state index contributed by atoms with van der Waals surface area (Å²) in [6.45, 7) is 1.78. The van der Waals surface area contributed by atoms with Crippen molar-refractivity contribution >= 4 is 41.5 Å². The molecule has 0 aliphatic heterocycles. The quantitative estimate of drug-likeness (QED) is 0.584. The molecular weight excluding hydrogens is 383 g/mol. The van der Waals surface area contributed by atoms with E-state index in [4.69, 9.17) is 22.3 Å². The van der Waals surface area contributed by atoms with Gasteiger partial charge in [-0.2, -0.15) is 8.42 Å². The lowest BCUT2D eigenvalue weighted by Crippen LogP contribution is -2.01. The number of hydrogen-bond donors (Lipinski definition) is 0. The van der Waals surface area contributed by atoms with Crippen LogP contribution in [0, 0.1) is 6.92 Å². The molecule has 126 valence electrons. The summed E-state index contributed by atoms with van der Waals surface area (Å²) in [5, 5.41) is 0.400. The Balaban J connectivity index is 0.000000231. The second-order valence-electron chi connectivity index (χ2n) is 4.28. The van der Waals surface area contributed by atoms with Crippen molar-refractivity contribution in [1.82, 2.24) is 0 Å². The van der Waals surface area contributed by atoms with Crippen LogP contribution in [0.1, 0.15) is 5.56 Å². The maximum absolute atomic E-state index is 11.0. The van der Waals surface area contributed by atoms with Crippen LogP contribution in [0.2, 0.25) is 5.02 Å². The molecule has 0 aromatic heterocycles. The highest BCUT2D eigenvalue weighted by molar-refractivity contribution is 8.13.